The Balaban J connectivity index is 1.86. The summed E-state index contributed by atoms with van der Waals surface area (Å²) in [6.45, 7) is 2.18. The number of aryl methyl sites for hydroxylation is 2. The van der Waals surface area contributed by atoms with Crippen molar-refractivity contribution < 1.29 is 14.6 Å². The van der Waals surface area contributed by atoms with E-state index in [1.165, 1.54) is 7.11 Å². The third-order valence-corrected chi connectivity index (χ3v) is 5.69. The molecule has 3 heterocycles. The minimum atomic E-state index is -0.693. The van der Waals surface area contributed by atoms with Crippen molar-refractivity contribution in [1.29, 1.82) is 0 Å². The molecule has 32 heavy (non-hydrogen) atoms. The fraction of sp³-hybridized carbons (Fsp3) is 0.250. The van der Waals surface area contributed by atoms with Gasteiger partial charge in [0.1, 0.15) is 5.75 Å². The van der Waals surface area contributed by atoms with Crippen LogP contribution < -0.4 is 5.56 Å². The summed E-state index contributed by atoms with van der Waals surface area (Å²) < 4.78 is 6.52. The zero-order valence-corrected chi connectivity index (χ0v) is 17.9. The van der Waals surface area contributed by atoms with Crippen molar-refractivity contribution in [2.45, 2.75) is 32.2 Å². The number of aromatic nitrogens is 4. The van der Waals surface area contributed by atoms with Crippen LogP contribution in [0.3, 0.4) is 0 Å². The monoisotopic (exact) mass is 432 g/mol. The molecule has 1 aromatic carbocycles. The highest BCUT2D eigenvalue weighted by Crippen LogP contribution is 2.35. The summed E-state index contributed by atoms with van der Waals surface area (Å²) in [5, 5.41) is 11.7. The van der Waals surface area contributed by atoms with E-state index in [0.717, 1.165) is 22.2 Å². The summed E-state index contributed by atoms with van der Waals surface area (Å²) in [6.07, 6.45) is 5.44. The molecule has 8 nitrogen and oxygen atoms in total. The Morgan fingerprint density at radius 2 is 2.09 bits per heavy atom. The van der Waals surface area contributed by atoms with E-state index in [1.807, 2.05) is 24.3 Å². The van der Waals surface area contributed by atoms with Gasteiger partial charge in [0.15, 0.2) is 0 Å². The van der Waals surface area contributed by atoms with E-state index in [0.29, 0.717) is 18.7 Å². The Morgan fingerprint density at radius 1 is 1.28 bits per heavy atom. The molecule has 3 aromatic heterocycles. The van der Waals surface area contributed by atoms with Gasteiger partial charge in [0, 0.05) is 48.1 Å². The third-order valence-electron chi connectivity index (χ3n) is 5.69. The van der Waals surface area contributed by atoms with Gasteiger partial charge in [0.25, 0.3) is 5.56 Å². The average molecular weight is 432 g/mol. The highest BCUT2D eigenvalue weighted by Gasteiger charge is 2.28. The maximum absolute atomic E-state index is 13.6. The van der Waals surface area contributed by atoms with Crippen molar-refractivity contribution in [3.63, 3.8) is 0 Å². The normalized spacial score (nSPS) is 12.1. The lowest BCUT2D eigenvalue weighted by molar-refractivity contribution is -0.140. The Bertz CT molecular complexity index is 1310. The van der Waals surface area contributed by atoms with Gasteiger partial charge >= 0.3 is 5.97 Å². The highest BCUT2D eigenvalue weighted by molar-refractivity contribution is 5.84. The number of esters is 1. The molecule has 2 N–H and O–H groups in total. The number of pyridine rings is 2. The SMILES string of the molecule is COC(=O)C[C@H](c1c(O)cc(C)n(CCc2cnc[nH]2)c1=O)c1ccnc2ccccc12. The number of hydrogen-bond acceptors (Lipinski definition) is 6. The van der Waals surface area contributed by atoms with Crippen LogP contribution in [0, 0.1) is 6.92 Å². The van der Waals surface area contributed by atoms with Gasteiger partial charge in [-0.25, -0.2) is 4.98 Å². The second kappa shape index (κ2) is 9.05. The molecular weight excluding hydrogens is 408 g/mol. The van der Waals surface area contributed by atoms with Crippen LogP contribution in [0.2, 0.25) is 0 Å². The lowest BCUT2D eigenvalue weighted by Crippen LogP contribution is -2.29. The first kappa shape index (κ1) is 21.3. The van der Waals surface area contributed by atoms with E-state index in [-0.39, 0.29) is 23.3 Å². The number of para-hydroxylation sites is 1. The summed E-state index contributed by atoms with van der Waals surface area (Å²) in [6, 6.07) is 10.9. The maximum Gasteiger partial charge on any atom is 0.306 e. The largest absolute Gasteiger partial charge is 0.507 e. The number of carbonyl (C=O) groups excluding carboxylic acids is 1. The van der Waals surface area contributed by atoms with Crippen LogP contribution in [-0.2, 0) is 22.5 Å². The molecule has 0 saturated heterocycles. The van der Waals surface area contributed by atoms with Crippen LogP contribution in [0.25, 0.3) is 10.9 Å². The number of ether oxygens (including phenoxy) is 1. The van der Waals surface area contributed by atoms with Gasteiger partial charge in [-0.1, -0.05) is 18.2 Å². The van der Waals surface area contributed by atoms with E-state index >= 15 is 0 Å². The van der Waals surface area contributed by atoms with E-state index in [4.69, 9.17) is 4.74 Å². The molecule has 0 aliphatic heterocycles. The standard InChI is InChI=1S/C24H24N4O4/c1-15-11-21(29)23(24(31)28(15)10-8-16-13-25-14-27-16)19(12-22(30)32-2)17-7-9-26-20-6-4-3-5-18(17)20/h3-7,9,11,13-14,19,29H,8,10,12H2,1-2H3,(H,25,27)/t19-/m0/s1. The van der Waals surface area contributed by atoms with Crippen molar-refractivity contribution in [1.82, 2.24) is 19.5 Å². The Morgan fingerprint density at radius 3 is 2.84 bits per heavy atom. The molecule has 8 heteroatoms. The van der Waals surface area contributed by atoms with E-state index in [1.54, 1.807) is 42.3 Å². The second-order valence-corrected chi connectivity index (χ2v) is 7.62. The van der Waals surface area contributed by atoms with Crippen LogP contribution in [0.5, 0.6) is 5.75 Å². The van der Waals surface area contributed by atoms with Crippen LogP contribution >= 0.6 is 0 Å². The zero-order valence-electron chi connectivity index (χ0n) is 17.9. The molecular formula is C24H24N4O4. The van der Waals surface area contributed by atoms with Gasteiger partial charge in [0.05, 0.1) is 30.9 Å². The number of methoxy groups -OCH3 is 1. The quantitative estimate of drug-likeness (QED) is 0.434. The molecule has 1 atom stereocenters. The lowest BCUT2D eigenvalue weighted by atomic mass is 9.86. The molecule has 4 rings (SSSR count). The van der Waals surface area contributed by atoms with Crippen molar-refractivity contribution in [2.24, 2.45) is 0 Å². The minimum Gasteiger partial charge on any atom is -0.507 e. The summed E-state index contributed by atoms with van der Waals surface area (Å²) in [7, 11) is 1.31. The molecule has 4 aromatic rings. The van der Waals surface area contributed by atoms with Gasteiger partial charge in [0.2, 0.25) is 0 Å². The third kappa shape index (κ3) is 4.12. The van der Waals surface area contributed by atoms with Gasteiger partial charge in [-0.05, 0) is 30.7 Å². The van der Waals surface area contributed by atoms with Crippen LogP contribution in [0.15, 0.2) is 59.9 Å². The first-order valence-electron chi connectivity index (χ1n) is 10.3. The Kier molecular flexibility index (Phi) is 6.02. The molecule has 0 radical (unpaired) electrons. The summed E-state index contributed by atoms with van der Waals surface area (Å²) in [4.78, 5) is 37.3. The molecule has 0 fully saturated rings. The van der Waals surface area contributed by atoms with Gasteiger partial charge in [-0.2, -0.15) is 0 Å². The number of aromatic amines is 1. The Hall–Kier alpha value is -3.94. The number of H-pyrrole nitrogens is 1. The number of imidazole rings is 1. The van der Waals surface area contributed by atoms with Crippen molar-refractivity contribution >= 4 is 16.9 Å². The zero-order chi connectivity index (χ0) is 22.7. The van der Waals surface area contributed by atoms with Crippen molar-refractivity contribution in [2.75, 3.05) is 7.11 Å². The van der Waals surface area contributed by atoms with Crippen molar-refractivity contribution in [3.05, 3.63) is 88.0 Å². The molecule has 0 bridgehead atoms. The number of nitrogens with one attached hydrogen (secondary N) is 1. The van der Waals surface area contributed by atoms with Crippen LogP contribution in [-0.4, -0.2) is 37.7 Å². The molecule has 0 aliphatic carbocycles. The number of nitrogens with zero attached hydrogens (tertiary/aromatic N) is 3. The smallest absolute Gasteiger partial charge is 0.306 e. The number of benzene rings is 1. The fourth-order valence-corrected chi connectivity index (χ4v) is 4.07. The van der Waals surface area contributed by atoms with Crippen LogP contribution in [0.1, 0.15) is 34.9 Å². The van der Waals surface area contributed by atoms with Crippen LogP contribution in [0.4, 0.5) is 0 Å². The first-order chi connectivity index (χ1) is 15.5. The predicted molar refractivity (Wildman–Crippen MR) is 120 cm³/mol. The minimum absolute atomic E-state index is 0.0864. The topological polar surface area (TPSA) is 110 Å². The number of aromatic hydroxyl groups is 1. The molecule has 0 aliphatic rings. The number of rotatable bonds is 7. The Labute approximate surface area is 184 Å². The lowest BCUT2D eigenvalue weighted by Gasteiger charge is -2.21. The molecule has 0 spiro atoms. The van der Waals surface area contributed by atoms with E-state index in [9.17, 15) is 14.7 Å². The molecule has 164 valence electrons. The van der Waals surface area contributed by atoms with Crippen molar-refractivity contribution in [3.8, 4) is 5.75 Å². The highest BCUT2D eigenvalue weighted by atomic mass is 16.5. The fourth-order valence-electron chi connectivity index (χ4n) is 4.07. The summed E-state index contributed by atoms with van der Waals surface area (Å²) in [5.74, 6) is -1.30. The van der Waals surface area contributed by atoms with E-state index in [2.05, 4.69) is 15.0 Å². The first-order valence-corrected chi connectivity index (χ1v) is 10.3. The van der Waals surface area contributed by atoms with Gasteiger partial charge in [-0.15, -0.1) is 0 Å². The molecule has 0 unspecified atom stereocenters. The average Bonchev–Trinajstić information content (AvgIpc) is 3.31. The molecule has 0 amide bonds. The number of fused-ring (bicyclic) bond motifs is 1. The van der Waals surface area contributed by atoms with Gasteiger partial charge in [-0.3, -0.25) is 14.6 Å². The summed E-state index contributed by atoms with van der Waals surface area (Å²) in [5.41, 5.74) is 2.84. The summed E-state index contributed by atoms with van der Waals surface area (Å²) >= 11 is 0. The number of hydrogen-bond donors (Lipinski definition) is 2. The number of carbonyl (C=O) groups is 1. The second-order valence-electron chi connectivity index (χ2n) is 7.62. The van der Waals surface area contributed by atoms with Gasteiger partial charge < -0.3 is 19.4 Å². The van der Waals surface area contributed by atoms with E-state index < -0.39 is 11.9 Å². The predicted octanol–water partition coefficient (Wildman–Crippen LogP) is 3.07. The maximum atomic E-state index is 13.6. The molecule has 0 saturated carbocycles.